The Morgan fingerprint density at radius 3 is 2.82 bits per heavy atom. The van der Waals surface area contributed by atoms with Gasteiger partial charge in [0.2, 0.25) is 5.91 Å². The molecule has 2 nitrogen and oxygen atoms in total. The van der Waals surface area contributed by atoms with Crippen LogP contribution in [0.2, 0.25) is 0 Å². The van der Waals surface area contributed by atoms with Crippen LogP contribution in [0.25, 0.3) is 0 Å². The van der Waals surface area contributed by atoms with Gasteiger partial charge in [-0.05, 0) is 13.3 Å². The molecule has 0 rings (SSSR count). The smallest absolute Gasteiger partial charge is 0.234 e. The summed E-state index contributed by atoms with van der Waals surface area (Å²) in [6.07, 6.45) is 0.797. The Morgan fingerprint density at radius 1 is 1.73 bits per heavy atom. The van der Waals surface area contributed by atoms with Crippen molar-refractivity contribution in [3.63, 3.8) is 0 Å². The fourth-order valence-electron chi connectivity index (χ4n) is 0.516. The highest BCUT2D eigenvalue weighted by Crippen LogP contribution is 2.02. The SMILES string of the molecule is CC#CCNC(=O)C(Br)CC. The molecule has 0 aromatic carbocycles. The van der Waals surface area contributed by atoms with Crippen LogP contribution < -0.4 is 5.32 Å². The molecular formula is C8H12BrNO. The fourth-order valence-corrected chi connectivity index (χ4v) is 0.678. The van der Waals surface area contributed by atoms with Gasteiger partial charge in [-0.3, -0.25) is 4.79 Å². The summed E-state index contributed by atoms with van der Waals surface area (Å²) in [5.41, 5.74) is 0. The maximum Gasteiger partial charge on any atom is 0.234 e. The van der Waals surface area contributed by atoms with Gasteiger partial charge in [-0.15, -0.1) is 5.92 Å². The lowest BCUT2D eigenvalue weighted by Gasteiger charge is -2.04. The van der Waals surface area contributed by atoms with Crippen molar-refractivity contribution in [2.24, 2.45) is 0 Å². The summed E-state index contributed by atoms with van der Waals surface area (Å²) in [5.74, 6) is 5.46. The standard InChI is InChI=1S/C8H12BrNO/c1-3-5-6-10-8(11)7(9)4-2/h7H,4,6H2,1-2H3,(H,10,11). The Hall–Kier alpha value is -0.490. The van der Waals surface area contributed by atoms with E-state index < -0.39 is 0 Å². The second-order valence-electron chi connectivity index (χ2n) is 2.02. The van der Waals surface area contributed by atoms with Crippen LogP contribution in [-0.4, -0.2) is 17.3 Å². The van der Waals surface area contributed by atoms with Gasteiger partial charge in [-0.25, -0.2) is 0 Å². The van der Waals surface area contributed by atoms with E-state index in [2.05, 4.69) is 33.1 Å². The van der Waals surface area contributed by atoms with Crippen molar-refractivity contribution in [2.75, 3.05) is 6.54 Å². The summed E-state index contributed by atoms with van der Waals surface area (Å²) in [5, 5.41) is 2.67. The number of hydrogen-bond donors (Lipinski definition) is 1. The van der Waals surface area contributed by atoms with Crippen LogP contribution in [0.5, 0.6) is 0 Å². The zero-order valence-electron chi connectivity index (χ0n) is 6.78. The van der Waals surface area contributed by atoms with E-state index in [1.165, 1.54) is 0 Å². The average molecular weight is 218 g/mol. The summed E-state index contributed by atoms with van der Waals surface area (Å²) < 4.78 is 0. The number of alkyl halides is 1. The van der Waals surface area contributed by atoms with E-state index in [-0.39, 0.29) is 10.7 Å². The van der Waals surface area contributed by atoms with Crippen LogP contribution in [0, 0.1) is 11.8 Å². The minimum atomic E-state index is -0.0823. The van der Waals surface area contributed by atoms with Crippen molar-refractivity contribution in [2.45, 2.75) is 25.1 Å². The first-order valence-electron chi connectivity index (χ1n) is 3.53. The van der Waals surface area contributed by atoms with E-state index in [0.29, 0.717) is 6.54 Å². The molecule has 0 aromatic rings. The van der Waals surface area contributed by atoms with E-state index >= 15 is 0 Å². The highest BCUT2D eigenvalue weighted by Gasteiger charge is 2.09. The molecule has 3 heteroatoms. The van der Waals surface area contributed by atoms with E-state index in [9.17, 15) is 4.79 Å². The largest absolute Gasteiger partial charge is 0.344 e. The van der Waals surface area contributed by atoms with Gasteiger partial charge in [0, 0.05) is 0 Å². The molecule has 0 saturated carbocycles. The van der Waals surface area contributed by atoms with Crippen LogP contribution in [0.3, 0.4) is 0 Å². The third kappa shape index (κ3) is 4.86. The topological polar surface area (TPSA) is 29.1 Å². The Morgan fingerprint density at radius 2 is 2.36 bits per heavy atom. The van der Waals surface area contributed by atoms with E-state index in [4.69, 9.17) is 0 Å². The second-order valence-corrected chi connectivity index (χ2v) is 3.13. The monoisotopic (exact) mass is 217 g/mol. The van der Waals surface area contributed by atoms with Crippen molar-refractivity contribution < 1.29 is 4.79 Å². The minimum Gasteiger partial charge on any atom is -0.344 e. The molecule has 0 spiro atoms. The lowest BCUT2D eigenvalue weighted by atomic mass is 10.3. The zero-order valence-corrected chi connectivity index (χ0v) is 8.36. The Kier molecular flexibility index (Phi) is 5.96. The second kappa shape index (κ2) is 6.23. The van der Waals surface area contributed by atoms with Gasteiger partial charge in [-0.1, -0.05) is 28.8 Å². The van der Waals surface area contributed by atoms with Gasteiger partial charge in [0.25, 0.3) is 0 Å². The normalized spacial score (nSPS) is 11.2. The molecule has 0 aliphatic heterocycles. The lowest BCUT2D eigenvalue weighted by molar-refractivity contribution is -0.120. The van der Waals surface area contributed by atoms with Gasteiger partial charge < -0.3 is 5.32 Å². The van der Waals surface area contributed by atoms with Gasteiger partial charge in [0.05, 0.1) is 11.4 Å². The van der Waals surface area contributed by atoms with Crippen molar-refractivity contribution in [3.8, 4) is 11.8 Å². The Bertz CT molecular complexity index is 180. The first kappa shape index (κ1) is 10.5. The molecule has 1 amide bonds. The average Bonchev–Trinajstić information content (AvgIpc) is 2.03. The highest BCUT2D eigenvalue weighted by molar-refractivity contribution is 9.10. The van der Waals surface area contributed by atoms with Gasteiger partial charge in [0.1, 0.15) is 0 Å². The summed E-state index contributed by atoms with van der Waals surface area (Å²) in [4.78, 5) is 10.9. The Labute approximate surface area is 75.9 Å². The third-order valence-corrected chi connectivity index (χ3v) is 2.23. The summed E-state index contributed by atoms with van der Waals surface area (Å²) in [6.45, 7) is 4.14. The number of carbonyl (C=O) groups excluding carboxylic acids is 1. The lowest BCUT2D eigenvalue weighted by Crippen LogP contribution is -2.30. The van der Waals surface area contributed by atoms with Crippen molar-refractivity contribution in [3.05, 3.63) is 0 Å². The number of rotatable bonds is 3. The molecule has 0 saturated heterocycles. The molecule has 0 radical (unpaired) electrons. The Balaban J connectivity index is 3.57. The van der Waals surface area contributed by atoms with Crippen LogP contribution >= 0.6 is 15.9 Å². The molecule has 1 atom stereocenters. The maximum atomic E-state index is 11.0. The number of amides is 1. The molecular weight excluding hydrogens is 206 g/mol. The van der Waals surface area contributed by atoms with Gasteiger partial charge >= 0.3 is 0 Å². The minimum absolute atomic E-state index is 0.00949. The first-order valence-corrected chi connectivity index (χ1v) is 4.45. The molecule has 11 heavy (non-hydrogen) atoms. The predicted octanol–water partition coefficient (Wildman–Crippen LogP) is 1.30. The highest BCUT2D eigenvalue weighted by atomic mass is 79.9. The number of carbonyl (C=O) groups is 1. The zero-order chi connectivity index (χ0) is 8.69. The van der Waals surface area contributed by atoms with Crippen LogP contribution in [0.1, 0.15) is 20.3 Å². The molecule has 1 N–H and O–H groups in total. The predicted molar refractivity (Wildman–Crippen MR) is 49.5 cm³/mol. The quantitative estimate of drug-likeness (QED) is 0.561. The van der Waals surface area contributed by atoms with Crippen molar-refractivity contribution in [1.29, 1.82) is 0 Å². The van der Waals surface area contributed by atoms with E-state index in [1.807, 2.05) is 6.92 Å². The molecule has 0 aliphatic rings. The molecule has 1 unspecified atom stereocenters. The van der Waals surface area contributed by atoms with Crippen molar-refractivity contribution >= 4 is 21.8 Å². The number of hydrogen-bond acceptors (Lipinski definition) is 1. The summed E-state index contributed by atoms with van der Waals surface area (Å²) in [7, 11) is 0. The van der Waals surface area contributed by atoms with Gasteiger partial charge in [0.15, 0.2) is 0 Å². The molecule has 0 bridgehead atoms. The summed E-state index contributed by atoms with van der Waals surface area (Å²) >= 11 is 3.23. The maximum absolute atomic E-state index is 11.0. The van der Waals surface area contributed by atoms with Gasteiger partial charge in [-0.2, -0.15) is 0 Å². The first-order chi connectivity index (χ1) is 5.22. The number of nitrogens with one attached hydrogen (secondary N) is 1. The molecule has 0 aromatic heterocycles. The molecule has 0 aliphatic carbocycles. The van der Waals surface area contributed by atoms with Crippen molar-refractivity contribution in [1.82, 2.24) is 5.32 Å². The third-order valence-electron chi connectivity index (χ3n) is 1.17. The van der Waals surface area contributed by atoms with Crippen LogP contribution in [0.4, 0.5) is 0 Å². The fraction of sp³-hybridized carbons (Fsp3) is 0.625. The van der Waals surface area contributed by atoms with E-state index in [1.54, 1.807) is 6.92 Å². The van der Waals surface area contributed by atoms with Crippen LogP contribution in [0.15, 0.2) is 0 Å². The molecule has 0 fully saturated rings. The molecule has 0 heterocycles. The number of halogens is 1. The van der Waals surface area contributed by atoms with E-state index in [0.717, 1.165) is 6.42 Å². The summed E-state index contributed by atoms with van der Waals surface area (Å²) in [6, 6.07) is 0. The van der Waals surface area contributed by atoms with Crippen LogP contribution in [-0.2, 0) is 4.79 Å². The molecule has 62 valence electrons.